The summed E-state index contributed by atoms with van der Waals surface area (Å²) >= 11 is 0. The van der Waals surface area contributed by atoms with Crippen molar-refractivity contribution in [3.05, 3.63) is 88.8 Å². The highest BCUT2D eigenvalue weighted by molar-refractivity contribution is 6.13. The smallest absolute Gasteiger partial charge is 0.335 e. The number of furan rings is 1. The van der Waals surface area contributed by atoms with Crippen molar-refractivity contribution >= 4 is 24.0 Å². The normalized spacial score (nSPS) is 15.0. The van der Waals surface area contributed by atoms with Gasteiger partial charge in [-0.15, -0.1) is 0 Å². The molecule has 3 aromatic rings. The molecule has 7 nitrogen and oxygen atoms in total. The van der Waals surface area contributed by atoms with Crippen LogP contribution in [0.5, 0.6) is 0 Å². The van der Waals surface area contributed by atoms with Gasteiger partial charge >= 0.3 is 12.0 Å². The summed E-state index contributed by atoms with van der Waals surface area (Å²) in [5.41, 5.74) is 2.62. The Bertz CT molecular complexity index is 1180. The summed E-state index contributed by atoms with van der Waals surface area (Å²) in [6.07, 6.45) is 1.46. The van der Waals surface area contributed by atoms with Gasteiger partial charge in [-0.3, -0.25) is 9.69 Å². The second-order valence-corrected chi connectivity index (χ2v) is 6.90. The summed E-state index contributed by atoms with van der Waals surface area (Å²) in [6, 6.07) is 16.9. The van der Waals surface area contributed by atoms with E-state index in [9.17, 15) is 19.5 Å². The molecule has 1 aliphatic heterocycles. The molecular formula is C23H18N2O5. The summed E-state index contributed by atoms with van der Waals surface area (Å²) in [4.78, 5) is 37.2. The number of hydrogen-bond donors (Lipinski definition) is 2. The molecule has 0 unspecified atom stereocenters. The molecule has 1 aliphatic rings. The fraction of sp³-hybridized carbons (Fsp3) is 0.0870. The Balaban J connectivity index is 1.57. The van der Waals surface area contributed by atoms with Crippen LogP contribution in [0, 0.1) is 6.92 Å². The zero-order valence-corrected chi connectivity index (χ0v) is 16.1. The number of hydrogen-bond acceptors (Lipinski definition) is 4. The van der Waals surface area contributed by atoms with Crippen molar-refractivity contribution in [1.82, 2.24) is 10.2 Å². The molecule has 3 amide bonds. The SMILES string of the molecule is Cc1ccc(C(=O)O)cc1-c1ccc(/C=C2\NC(=O)N(Cc3ccccc3)C2=O)o1. The van der Waals surface area contributed by atoms with Gasteiger partial charge in [0.25, 0.3) is 5.91 Å². The number of carboxylic acid groups (broad SMARTS) is 1. The number of aromatic carboxylic acids is 1. The molecule has 1 saturated heterocycles. The van der Waals surface area contributed by atoms with Crippen LogP contribution in [0.2, 0.25) is 0 Å². The fourth-order valence-corrected chi connectivity index (χ4v) is 3.22. The molecule has 1 fully saturated rings. The predicted molar refractivity (Wildman–Crippen MR) is 109 cm³/mol. The van der Waals surface area contributed by atoms with Crippen LogP contribution in [0.25, 0.3) is 17.4 Å². The van der Waals surface area contributed by atoms with E-state index in [1.165, 1.54) is 18.2 Å². The minimum Gasteiger partial charge on any atom is -0.478 e. The summed E-state index contributed by atoms with van der Waals surface area (Å²) in [5.74, 6) is -0.621. The third kappa shape index (κ3) is 3.73. The van der Waals surface area contributed by atoms with Gasteiger partial charge in [0.15, 0.2) is 0 Å². The van der Waals surface area contributed by atoms with E-state index >= 15 is 0 Å². The van der Waals surface area contributed by atoms with Gasteiger partial charge in [0, 0.05) is 11.6 Å². The fourth-order valence-electron chi connectivity index (χ4n) is 3.22. The molecule has 150 valence electrons. The van der Waals surface area contributed by atoms with Crippen LogP contribution in [0.1, 0.15) is 27.2 Å². The molecule has 0 atom stereocenters. The van der Waals surface area contributed by atoms with Gasteiger partial charge in [0.2, 0.25) is 0 Å². The Kier molecular flexibility index (Phi) is 4.93. The lowest BCUT2D eigenvalue weighted by Crippen LogP contribution is -2.30. The predicted octanol–water partition coefficient (Wildman–Crippen LogP) is 4.05. The summed E-state index contributed by atoms with van der Waals surface area (Å²) in [6.45, 7) is 2.03. The number of amides is 3. The van der Waals surface area contributed by atoms with Crippen molar-refractivity contribution in [3.8, 4) is 11.3 Å². The number of carbonyl (C=O) groups excluding carboxylic acids is 2. The topological polar surface area (TPSA) is 99.9 Å². The van der Waals surface area contributed by atoms with Crippen LogP contribution in [0.15, 0.2) is 70.8 Å². The first-order valence-electron chi connectivity index (χ1n) is 9.25. The first kappa shape index (κ1) is 19.2. The Morgan fingerprint density at radius 1 is 1.10 bits per heavy atom. The lowest BCUT2D eigenvalue weighted by Gasteiger charge is -2.11. The van der Waals surface area contributed by atoms with Crippen LogP contribution >= 0.6 is 0 Å². The van der Waals surface area contributed by atoms with Gasteiger partial charge in [0.05, 0.1) is 12.1 Å². The minimum atomic E-state index is -1.03. The minimum absolute atomic E-state index is 0.118. The van der Waals surface area contributed by atoms with E-state index in [2.05, 4.69) is 5.32 Å². The average molecular weight is 402 g/mol. The second-order valence-electron chi connectivity index (χ2n) is 6.90. The second kappa shape index (κ2) is 7.71. The summed E-state index contributed by atoms with van der Waals surface area (Å²) in [7, 11) is 0. The maximum absolute atomic E-state index is 12.6. The van der Waals surface area contributed by atoms with Gasteiger partial charge < -0.3 is 14.8 Å². The first-order chi connectivity index (χ1) is 14.4. The molecule has 0 bridgehead atoms. The maximum Gasteiger partial charge on any atom is 0.335 e. The summed E-state index contributed by atoms with van der Waals surface area (Å²) in [5, 5.41) is 11.8. The van der Waals surface area contributed by atoms with Crippen LogP contribution in [0.3, 0.4) is 0 Å². The lowest BCUT2D eigenvalue weighted by atomic mass is 10.0. The van der Waals surface area contributed by atoms with E-state index in [-0.39, 0.29) is 17.8 Å². The molecule has 0 aliphatic carbocycles. The Morgan fingerprint density at radius 2 is 1.87 bits per heavy atom. The molecule has 4 rings (SSSR count). The molecule has 7 heteroatoms. The van der Waals surface area contributed by atoms with E-state index in [1.807, 2.05) is 37.3 Å². The number of rotatable bonds is 5. The Labute approximate surface area is 172 Å². The number of nitrogens with zero attached hydrogens (tertiary/aromatic N) is 1. The molecule has 1 aromatic heterocycles. The number of urea groups is 1. The van der Waals surface area contributed by atoms with Crippen molar-refractivity contribution < 1.29 is 23.9 Å². The third-order valence-corrected chi connectivity index (χ3v) is 4.81. The standard InChI is InChI=1S/C23H18N2O5/c1-14-7-8-16(22(27)28)11-18(14)20-10-9-17(30-20)12-19-21(26)25(23(29)24-19)13-15-5-3-2-4-6-15/h2-12H,13H2,1H3,(H,24,29)(H,27,28)/b19-12-. The highest BCUT2D eigenvalue weighted by Gasteiger charge is 2.33. The summed E-state index contributed by atoms with van der Waals surface area (Å²) < 4.78 is 5.79. The molecule has 0 saturated carbocycles. The van der Waals surface area contributed by atoms with Crippen LogP contribution in [0.4, 0.5) is 4.79 Å². The molecular weight excluding hydrogens is 384 g/mol. The molecule has 30 heavy (non-hydrogen) atoms. The first-order valence-corrected chi connectivity index (χ1v) is 9.25. The molecule has 0 spiro atoms. The van der Waals surface area contributed by atoms with Gasteiger partial charge in [-0.05, 0) is 42.3 Å². The Morgan fingerprint density at radius 3 is 2.60 bits per heavy atom. The lowest BCUT2D eigenvalue weighted by molar-refractivity contribution is -0.123. The van der Waals surface area contributed by atoms with Crippen molar-refractivity contribution in [2.45, 2.75) is 13.5 Å². The number of aryl methyl sites for hydroxylation is 1. The van der Waals surface area contributed by atoms with E-state index in [0.717, 1.165) is 16.0 Å². The van der Waals surface area contributed by atoms with Crippen LogP contribution in [-0.4, -0.2) is 27.9 Å². The van der Waals surface area contributed by atoms with Crippen molar-refractivity contribution in [2.24, 2.45) is 0 Å². The number of nitrogens with one attached hydrogen (secondary N) is 1. The molecule has 2 heterocycles. The Hall–Kier alpha value is -4.13. The van der Waals surface area contributed by atoms with Crippen molar-refractivity contribution in [3.63, 3.8) is 0 Å². The average Bonchev–Trinajstić information content (AvgIpc) is 3.29. The molecule has 0 radical (unpaired) electrons. The van der Waals surface area contributed by atoms with Gasteiger partial charge in [0.1, 0.15) is 17.2 Å². The number of carbonyl (C=O) groups is 3. The van der Waals surface area contributed by atoms with E-state index in [0.29, 0.717) is 17.1 Å². The molecule has 2 N–H and O–H groups in total. The highest BCUT2D eigenvalue weighted by atomic mass is 16.4. The van der Waals surface area contributed by atoms with Crippen LogP contribution in [-0.2, 0) is 11.3 Å². The highest BCUT2D eigenvalue weighted by Crippen LogP contribution is 2.28. The zero-order chi connectivity index (χ0) is 21.3. The van der Waals surface area contributed by atoms with Gasteiger partial charge in [-0.2, -0.15) is 0 Å². The zero-order valence-electron chi connectivity index (χ0n) is 16.1. The molecule has 2 aromatic carbocycles. The monoisotopic (exact) mass is 402 g/mol. The van der Waals surface area contributed by atoms with E-state index in [1.54, 1.807) is 18.2 Å². The largest absolute Gasteiger partial charge is 0.478 e. The quantitative estimate of drug-likeness (QED) is 0.495. The third-order valence-electron chi connectivity index (χ3n) is 4.81. The van der Waals surface area contributed by atoms with Gasteiger partial charge in [-0.1, -0.05) is 36.4 Å². The maximum atomic E-state index is 12.6. The van der Waals surface area contributed by atoms with Crippen molar-refractivity contribution in [1.29, 1.82) is 0 Å². The van der Waals surface area contributed by atoms with Gasteiger partial charge in [-0.25, -0.2) is 9.59 Å². The van der Waals surface area contributed by atoms with E-state index < -0.39 is 17.9 Å². The number of benzene rings is 2. The number of imide groups is 1. The van der Waals surface area contributed by atoms with Crippen molar-refractivity contribution in [2.75, 3.05) is 0 Å². The van der Waals surface area contributed by atoms with Crippen LogP contribution < -0.4 is 5.32 Å². The van der Waals surface area contributed by atoms with E-state index in [4.69, 9.17) is 4.42 Å². The number of carboxylic acids is 1.